The van der Waals surface area contributed by atoms with E-state index in [1.165, 1.54) is 17.1 Å². The molecule has 0 atom stereocenters. The van der Waals surface area contributed by atoms with Crippen LogP contribution in [0.5, 0.6) is 0 Å². The van der Waals surface area contributed by atoms with E-state index in [-0.39, 0.29) is 10.7 Å². The van der Waals surface area contributed by atoms with Gasteiger partial charge in [-0.2, -0.15) is 10.2 Å². The van der Waals surface area contributed by atoms with Gasteiger partial charge in [-0.25, -0.2) is 5.43 Å². The number of hydrogen-bond donors (Lipinski definition) is 1. The van der Waals surface area contributed by atoms with Crippen LogP contribution in [0.25, 0.3) is 0 Å². The highest BCUT2D eigenvalue weighted by Gasteiger charge is 2.14. The van der Waals surface area contributed by atoms with Gasteiger partial charge in [-0.05, 0) is 12.1 Å². The monoisotopic (exact) mass is 263 g/mol. The summed E-state index contributed by atoms with van der Waals surface area (Å²) in [4.78, 5) is 15.8. The summed E-state index contributed by atoms with van der Waals surface area (Å²) in [6.07, 6.45) is 4.49. The van der Waals surface area contributed by atoms with E-state index in [9.17, 15) is 4.79 Å². The summed E-state index contributed by atoms with van der Waals surface area (Å²) in [5.74, 6) is -0.424. The Labute approximate surface area is 108 Å². The summed E-state index contributed by atoms with van der Waals surface area (Å²) < 4.78 is 1.38. The molecule has 18 heavy (non-hydrogen) atoms. The third-order valence-electron chi connectivity index (χ3n) is 2.16. The van der Waals surface area contributed by atoms with Gasteiger partial charge in [0.15, 0.2) is 0 Å². The molecule has 0 bridgehead atoms. The molecule has 2 rings (SSSR count). The average Bonchev–Trinajstić information content (AvgIpc) is 2.70. The maximum atomic E-state index is 11.7. The number of hydrogen-bond acceptors (Lipinski definition) is 4. The minimum absolute atomic E-state index is 0.259. The van der Waals surface area contributed by atoms with E-state index >= 15 is 0 Å². The molecule has 0 fully saturated rings. The van der Waals surface area contributed by atoms with E-state index in [1.54, 1.807) is 25.4 Å². The van der Waals surface area contributed by atoms with Gasteiger partial charge in [0.05, 0.1) is 23.1 Å². The number of halogens is 1. The Kier molecular flexibility index (Phi) is 3.69. The SMILES string of the molecule is Cn1ncc(Cl)c1C(=O)N/N=C\c1ccccn1. The van der Waals surface area contributed by atoms with Crippen molar-refractivity contribution in [1.82, 2.24) is 20.2 Å². The third kappa shape index (κ3) is 2.72. The summed E-state index contributed by atoms with van der Waals surface area (Å²) in [5.41, 5.74) is 3.27. The van der Waals surface area contributed by atoms with Crippen molar-refractivity contribution in [3.63, 3.8) is 0 Å². The number of hydrazone groups is 1. The lowest BCUT2D eigenvalue weighted by Gasteiger charge is -2.00. The molecule has 92 valence electrons. The lowest BCUT2D eigenvalue weighted by Crippen LogP contribution is -2.21. The van der Waals surface area contributed by atoms with Crippen LogP contribution in [0, 0.1) is 0 Å². The highest BCUT2D eigenvalue weighted by molar-refractivity contribution is 6.33. The van der Waals surface area contributed by atoms with Crippen LogP contribution in [0.3, 0.4) is 0 Å². The summed E-state index contributed by atoms with van der Waals surface area (Å²) in [6, 6.07) is 5.40. The van der Waals surface area contributed by atoms with Crippen LogP contribution < -0.4 is 5.43 Å². The Morgan fingerprint density at radius 2 is 2.39 bits per heavy atom. The van der Waals surface area contributed by atoms with Crippen molar-refractivity contribution in [2.75, 3.05) is 0 Å². The third-order valence-corrected chi connectivity index (χ3v) is 2.44. The van der Waals surface area contributed by atoms with Crippen LogP contribution in [-0.2, 0) is 7.05 Å². The van der Waals surface area contributed by atoms with E-state index in [0.29, 0.717) is 5.69 Å². The van der Waals surface area contributed by atoms with Crippen LogP contribution in [0.15, 0.2) is 35.7 Å². The number of aromatic nitrogens is 3. The van der Waals surface area contributed by atoms with Crippen LogP contribution in [0.1, 0.15) is 16.2 Å². The first-order valence-corrected chi connectivity index (χ1v) is 5.48. The molecule has 0 saturated heterocycles. The standard InChI is InChI=1S/C11H10ClN5O/c1-17-10(9(12)7-15-17)11(18)16-14-6-8-4-2-3-5-13-8/h2-7H,1H3,(H,16,18)/b14-6-. The molecule has 7 heteroatoms. The van der Waals surface area contributed by atoms with Gasteiger partial charge in [-0.15, -0.1) is 0 Å². The van der Waals surface area contributed by atoms with Gasteiger partial charge in [0.25, 0.3) is 5.91 Å². The van der Waals surface area contributed by atoms with Crippen molar-refractivity contribution in [2.24, 2.45) is 12.1 Å². The molecule has 0 unspecified atom stereocenters. The van der Waals surface area contributed by atoms with Gasteiger partial charge in [-0.1, -0.05) is 17.7 Å². The van der Waals surface area contributed by atoms with Crippen molar-refractivity contribution in [3.05, 3.63) is 47.0 Å². The molecule has 0 aliphatic heterocycles. The van der Waals surface area contributed by atoms with E-state index in [2.05, 4.69) is 20.6 Å². The molecule has 2 aromatic rings. The number of carbonyl (C=O) groups excluding carboxylic acids is 1. The number of nitrogens with one attached hydrogen (secondary N) is 1. The van der Waals surface area contributed by atoms with Crippen LogP contribution >= 0.6 is 11.6 Å². The second kappa shape index (κ2) is 5.42. The molecule has 0 aliphatic rings. The van der Waals surface area contributed by atoms with Crippen molar-refractivity contribution in [2.45, 2.75) is 0 Å². The Bertz CT molecular complexity index is 559. The van der Waals surface area contributed by atoms with Gasteiger partial charge >= 0.3 is 0 Å². The molecule has 0 radical (unpaired) electrons. The topological polar surface area (TPSA) is 72.2 Å². The first-order valence-electron chi connectivity index (χ1n) is 5.10. The average molecular weight is 264 g/mol. The molecule has 0 saturated carbocycles. The molecule has 6 nitrogen and oxygen atoms in total. The predicted octanol–water partition coefficient (Wildman–Crippen LogP) is 1.23. The number of aryl methyl sites for hydroxylation is 1. The van der Waals surface area contributed by atoms with Gasteiger partial charge in [0, 0.05) is 13.2 Å². The summed E-state index contributed by atoms with van der Waals surface area (Å²) in [7, 11) is 1.63. The number of nitrogens with zero attached hydrogens (tertiary/aromatic N) is 4. The Morgan fingerprint density at radius 1 is 1.56 bits per heavy atom. The van der Waals surface area contributed by atoms with Crippen LogP contribution in [-0.4, -0.2) is 26.9 Å². The lowest BCUT2D eigenvalue weighted by molar-refractivity contribution is 0.0946. The van der Waals surface area contributed by atoms with E-state index in [4.69, 9.17) is 11.6 Å². The molecular formula is C11H10ClN5O. The fraction of sp³-hybridized carbons (Fsp3) is 0.0909. The molecule has 2 aromatic heterocycles. The fourth-order valence-electron chi connectivity index (χ4n) is 1.33. The van der Waals surface area contributed by atoms with Crippen molar-refractivity contribution in [3.8, 4) is 0 Å². The molecule has 1 N–H and O–H groups in total. The fourth-order valence-corrected chi connectivity index (χ4v) is 1.58. The Balaban J connectivity index is 2.03. The van der Waals surface area contributed by atoms with Gasteiger partial charge in [0.1, 0.15) is 5.69 Å². The largest absolute Gasteiger partial charge is 0.291 e. The normalized spacial score (nSPS) is 10.8. The highest BCUT2D eigenvalue weighted by atomic mass is 35.5. The summed E-state index contributed by atoms with van der Waals surface area (Å²) in [5, 5.41) is 7.94. The Hall–Kier alpha value is -2.21. The molecule has 0 aliphatic carbocycles. The number of rotatable bonds is 3. The Morgan fingerprint density at radius 3 is 3.00 bits per heavy atom. The quantitative estimate of drug-likeness (QED) is 0.669. The molecule has 1 amide bonds. The minimum atomic E-state index is -0.424. The molecule has 0 spiro atoms. The number of amides is 1. The highest BCUT2D eigenvalue weighted by Crippen LogP contribution is 2.13. The maximum absolute atomic E-state index is 11.7. The first-order chi connectivity index (χ1) is 8.68. The van der Waals surface area contributed by atoms with Crippen molar-refractivity contribution >= 4 is 23.7 Å². The zero-order chi connectivity index (χ0) is 13.0. The molecular weight excluding hydrogens is 254 g/mol. The van der Waals surface area contributed by atoms with Crippen molar-refractivity contribution in [1.29, 1.82) is 0 Å². The smallest absolute Gasteiger partial charge is 0.266 e. The maximum Gasteiger partial charge on any atom is 0.291 e. The second-order valence-electron chi connectivity index (χ2n) is 3.42. The number of carbonyl (C=O) groups is 1. The van der Waals surface area contributed by atoms with E-state index in [0.717, 1.165) is 0 Å². The van der Waals surface area contributed by atoms with Gasteiger partial charge in [-0.3, -0.25) is 14.5 Å². The zero-order valence-corrected chi connectivity index (χ0v) is 10.3. The van der Waals surface area contributed by atoms with E-state index in [1.807, 2.05) is 6.07 Å². The molecule has 0 aromatic carbocycles. The molecule has 2 heterocycles. The second-order valence-corrected chi connectivity index (χ2v) is 3.83. The summed E-state index contributed by atoms with van der Waals surface area (Å²) in [6.45, 7) is 0. The summed E-state index contributed by atoms with van der Waals surface area (Å²) >= 11 is 5.83. The van der Waals surface area contributed by atoms with Crippen molar-refractivity contribution < 1.29 is 4.79 Å². The number of pyridine rings is 1. The van der Waals surface area contributed by atoms with E-state index < -0.39 is 5.91 Å². The van der Waals surface area contributed by atoms with Gasteiger partial charge < -0.3 is 0 Å². The first kappa shape index (κ1) is 12.3. The van der Waals surface area contributed by atoms with Crippen LogP contribution in [0.2, 0.25) is 5.02 Å². The lowest BCUT2D eigenvalue weighted by atomic mass is 10.4. The van der Waals surface area contributed by atoms with Gasteiger partial charge in [0.2, 0.25) is 0 Å². The zero-order valence-electron chi connectivity index (χ0n) is 9.54. The van der Waals surface area contributed by atoms with Crippen LogP contribution in [0.4, 0.5) is 0 Å². The predicted molar refractivity (Wildman–Crippen MR) is 67.5 cm³/mol. The minimum Gasteiger partial charge on any atom is -0.266 e.